The van der Waals surface area contributed by atoms with Crippen molar-refractivity contribution in [3.8, 4) is 0 Å². The number of pyridine rings is 1. The van der Waals surface area contributed by atoms with Crippen LogP contribution in [0.25, 0.3) is 21.8 Å². The second-order valence-electron chi connectivity index (χ2n) is 6.28. The fourth-order valence-corrected chi connectivity index (χ4v) is 3.18. The molecule has 3 aromatic rings. The topological polar surface area (TPSA) is 71.3 Å². The smallest absolute Gasteiger partial charge is 0.240 e. The Morgan fingerprint density at radius 1 is 1.08 bits per heavy atom. The molecule has 0 saturated carbocycles. The van der Waals surface area contributed by atoms with Crippen LogP contribution in [0, 0.1) is 0 Å². The summed E-state index contributed by atoms with van der Waals surface area (Å²) >= 11 is 0. The molecule has 1 atom stereocenters. The average Bonchev–Trinajstić information content (AvgIpc) is 2.63. The Hall–Kier alpha value is -2.66. The third-order valence-electron chi connectivity index (χ3n) is 4.38. The van der Waals surface area contributed by atoms with Crippen molar-refractivity contribution in [2.75, 3.05) is 6.61 Å². The van der Waals surface area contributed by atoms with Gasteiger partial charge >= 0.3 is 0 Å². The largest absolute Gasteiger partial charge is 0.396 e. The van der Waals surface area contributed by atoms with Gasteiger partial charge < -0.3 is 15.0 Å². The van der Waals surface area contributed by atoms with Crippen molar-refractivity contribution in [1.29, 1.82) is 0 Å². The Kier molecular flexibility index (Phi) is 5.14. The summed E-state index contributed by atoms with van der Waals surface area (Å²) in [5.74, 6) is -0.107. The van der Waals surface area contributed by atoms with E-state index in [-0.39, 0.29) is 30.5 Å². The third kappa shape index (κ3) is 3.56. The highest BCUT2D eigenvalue weighted by Crippen LogP contribution is 2.19. The Labute approximate surface area is 145 Å². The molecule has 130 valence electrons. The first-order valence-electron chi connectivity index (χ1n) is 8.52. The van der Waals surface area contributed by atoms with Crippen molar-refractivity contribution in [2.24, 2.45) is 0 Å². The molecule has 0 aliphatic heterocycles. The number of aromatic nitrogens is 1. The highest BCUT2D eigenvalue weighted by atomic mass is 16.3. The molecule has 5 nitrogen and oxygen atoms in total. The number of carbonyl (C=O) groups is 1. The van der Waals surface area contributed by atoms with E-state index >= 15 is 0 Å². The minimum atomic E-state index is -0.107. The zero-order chi connectivity index (χ0) is 17.8. The van der Waals surface area contributed by atoms with Gasteiger partial charge in [-0.15, -0.1) is 0 Å². The van der Waals surface area contributed by atoms with Crippen molar-refractivity contribution in [3.63, 3.8) is 0 Å². The molecule has 2 N–H and O–H groups in total. The van der Waals surface area contributed by atoms with Gasteiger partial charge in [0.1, 0.15) is 6.54 Å². The molecule has 0 aliphatic carbocycles. The molecule has 2 aromatic carbocycles. The maximum Gasteiger partial charge on any atom is 0.240 e. The van der Waals surface area contributed by atoms with E-state index in [2.05, 4.69) is 5.32 Å². The van der Waals surface area contributed by atoms with Crippen LogP contribution in [-0.2, 0) is 11.3 Å². The summed E-state index contributed by atoms with van der Waals surface area (Å²) in [6.07, 6.45) is 1.39. The lowest BCUT2D eigenvalue weighted by Gasteiger charge is -2.17. The number of benzene rings is 2. The van der Waals surface area contributed by atoms with Crippen LogP contribution in [-0.4, -0.2) is 28.2 Å². The van der Waals surface area contributed by atoms with Crippen molar-refractivity contribution in [3.05, 3.63) is 58.8 Å². The van der Waals surface area contributed by atoms with Crippen molar-refractivity contribution in [1.82, 2.24) is 9.88 Å². The Bertz CT molecular complexity index is 902. The molecule has 1 aromatic heterocycles. The maximum atomic E-state index is 12.7. The van der Waals surface area contributed by atoms with E-state index in [1.165, 1.54) is 0 Å². The number of hydrogen-bond donors (Lipinski definition) is 2. The van der Waals surface area contributed by atoms with Crippen LogP contribution in [0.4, 0.5) is 0 Å². The lowest BCUT2D eigenvalue weighted by molar-refractivity contribution is -0.122. The quantitative estimate of drug-likeness (QED) is 0.678. The summed E-state index contributed by atoms with van der Waals surface area (Å²) in [6, 6.07) is 14.7. The third-order valence-corrected chi connectivity index (χ3v) is 4.38. The Balaban J connectivity index is 2.01. The first-order valence-corrected chi connectivity index (χ1v) is 8.52. The van der Waals surface area contributed by atoms with Gasteiger partial charge in [0.2, 0.25) is 5.91 Å². The highest BCUT2D eigenvalue weighted by Gasteiger charge is 2.14. The second-order valence-corrected chi connectivity index (χ2v) is 6.28. The Morgan fingerprint density at radius 3 is 2.20 bits per heavy atom. The first kappa shape index (κ1) is 17.2. The number of nitrogens with one attached hydrogen (secondary N) is 1. The molecule has 1 heterocycles. The molecule has 0 bridgehead atoms. The van der Waals surface area contributed by atoms with E-state index in [0.29, 0.717) is 17.2 Å². The molecule has 0 saturated heterocycles. The van der Waals surface area contributed by atoms with Gasteiger partial charge in [-0.2, -0.15) is 0 Å². The van der Waals surface area contributed by atoms with Gasteiger partial charge in [0.15, 0.2) is 5.43 Å². The summed E-state index contributed by atoms with van der Waals surface area (Å²) < 4.78 is 1.89. The lowest BCUT2D eigenvalue weighted by Crippen LogP contribution is -2.35. The molecule has 0 aliphatic rings. The molecule has 0 spiro atoms. The van der Waals surface area contributed by atoms with Crippen molar-refractivity contribution < 1.29 is 9.90 Å². The van der Waals surface area contributed by atoms with Gasteiger partial charge in [0.25, 0.3) is 0 Å². The standard InChI is InChI=1S/C20H22N2O3/c1-14(7-6-12-23)21-19(24)13-22-17-10-4-2-8-15(17)20(25)16-9-3-5-11-18(16)22/h2-5,8-11,14,23H,6-7,12-13H2,1H3,(H,21,24). The lowest BCUT2D eigenvalue weighted by atomic mass is 10.1. The molecule has 1 unspecified atom stereocenters. The first-order chi connectivity index (χ1) is 12.1. The normalized spacial score (nSPS) is 12.4. The number of nitrogens with zero attached hydrogens (tertiary/aromatic N) is 1. The molecule has 0 radical (unpaired) electrons. The molecular weight excluding hydrogens is 316 g/mol. The number of para-hydroxylation sites is 2. The number of aliphatic hydroxyl groups excluding tert-OH is 1. The van der Waals surface area contributed by atoms with Crippen LogP contribution in [0.5, 0.6) is 0 Å². The van der Waals surface area contributed by atoms with Gasteiger partial charge in [-0.1, -0.05) is 24.3 Å². The van der Waals surface area contributed by atoms with E-state index in [0.717, 1.165) is 17.5 Å². The highest BCUT2D eigenvalue weighted by molar-refractivity contribution is 5.94. The fraction of sp³-hybridized carbons (Fsp3) is 0.300. The zero-order valence-electron chi connectivity index (χ0n) is 14.2. The predicted molar refractivity (Wildman–Crippen MR) is 99.6 cm³/mol. The van der Waals surface area contributed by atoms with Crippen LogP contribution in [0.1, 0.15) is 19.8 Å². The number of amides is 1. The second kappa shape index (κ2) is 7.49. The summed E-state index contributed by atoms with van der Waals surface area (Å²) in [4.78, 5) is 25.2. The van der Waals surface area contributed by atoms with E-state index in [1.807, 2.05) is 47.9 Å². The number of carbonyl (C=O) groups excluding carboxylic acids is 1. The summed E-state index contributed by atoms with van der Waals surface area (Å²) in [5.41, 5.74) is 1.49. The number of aliphatic hydroxyl groups is 1. The molecule has 0 fully saturated rings. The number of rotatable bonds is 6. The maximum absolute atomic E-state index is 12.7. The van der Waals surface area contributed by atoms with Crippen LogP contribution < -0.4 is 10.7 Å². The Morgan fingerprint density at radius 2 is 1.64 bits per heavy atom. The van der Waals surface area contributed by atoms with E-state index in [9.17, 15) is 9.59 Å². The van der Waals surface area contributed by atoms with E-state index in [1.54, 1.807) is 12.1 Å². The van der Waals surface area contributed by atoms with Crippen LogP contribution >= 0.6 is 0 Å². The van der Waals surface area contributed by atoms with Gasteiger partial charge in [-0.25, -0.2) is 0 Å². The van der Waals surface area contributed by atoms with Crippen molar-refractivity contribution in [2.45, 2.75) is 32.4 Å². The van der Waals surface area contributed by atoms with Crippen molar-refractivity contribution >= 4 is 27.7 Å². The SMILES string of the molecule is CC(CCCO)NC(=O)Cn1c2ccccc2c(=O)c2ccccc21. The minimum absolute atomic E-state index is 0.00319. The molecule has 25 heavy (non-hydrogen) atoms. The van der Waals surface area contributed by atoms with Crippen LogP contribution in [0.2, 0.25) is 0 Å². The van der Waals surface area contributed by atoms with E-state index in [4.69, 9.17) is 5.11 Å². The van der Waals surface area contributed by atoms with Crippen LogP contribution in [0.15, 0.2) is 53.3 Å². The monoisotopic (exact) mass is 338 g/mol. The van der Waals surface area contributed by atoms with Gasteiger partial charge in [0.05, 0.1) is 11.0 Å². The summed E-state index contributed by atoms with van der Waals surface area (Å²) in [7, 11) is 0. The van der Waals surface area contributed by atoms with E-state index < -0.39 is 0 Å². The van der Waals surface area contributed by atoms with Crippen LogP contribution in [0.3, 0.4) is 0 Å². The summed E-state index contributed by atoms with van der Waals surface area (Å²) in [6.45, 7) is 2.19. The molecule has 3 rings (SSSR count). The number of fused-ring (bicyclic) bond motifs is 2. The molecular formula is C20H22N2O3. The van der Waals surface area contributed by atoms with Gasteiger partial charge in [-0.05, 0) is 44.0 Å². The molecule has 5 heteroatoms. The molecule has 1 amide bonds. The average molecular weight is 338 g/mol. The summed E-state index contributed by atoms with van der Waals surface area (Å²) in [5, 5.41) is 13.1. The fourth-order valence-electron chi connectivity index (χ4n) is 3.18. The minimum Gasteiger partial charge on any atom is -0.396 e. The van der Waals surface area contributed by atoms with Gasteiger partial charge in [-0.3, -0.25) is 9.59 Å². The predicted octanol–water partition coefficient (Wildman–Crippen LogP) is 2.43. The number of hydrogen-bond acceptors (Lipinski definition) is 3. The zero-order valence-corrected chi connectivity index (χ0v) is 14.2. The van der Waals surface area contributed by atoms with Gasteiger partial charge in [0, 0.05) is 23.4 Å².